The fraction of sp³-hybridized carbons (Fsp3) is 0.333. The molecule has 0 spiro atoms. The molecule has 1 aliphatic carbocycles. The van der Waals surface area contributed by atoms with Gasteiger partial charge in [0.25, 0.3) is 0 Å². The molecule has 1 unspecified atom stereocenters. The molecule has 1 N–H and O–H groups in total. The van der Waals surface area contributed by atoms with Crippen LogP contribution in [-0.4, -0.2) is 20.3 Å². The van der Waals surface area contributed by atoms with Crippen molar-refractivity contribution in [3.05, 3.63) is 59.7 Å². The van der Waals surface area contributed by atoms with E-state index in [0.717, 1.165) is 24.3 Å². The van der Waals surface area contributed by atoms with Crippen molar-refractivity contribution in [1.29, 1.82) is 0 Å². The van der Waals surface area contributed by atoms with E-state index in [1.165, 1.54) is 11.1 Å². The maximum absolute atomic E-state index is 5.66. The molecular formula is C18H21NO2. The highest BCUT2D eigenvalue weighted by Crippen LogP contribution is 2.34. The second-order valence-corrected chi connectivity index (χ2v) is 5.30. The van der Waals surface area contributed by atoms with Crippen LogP contribution in [0.1, 0.15) is 23.6 Å². The van der Waals surface area contributed by atoms with Gasteiger partial charge in [-0.3, -0.25) is 0 Å². The molecule has 1 atom stereocenters. The minimum Gasteiger partial charge on any atom is -0.491 e. The molecule has 0 saturated heterocycles. The van der Waals surface area contributed by atoms with Gasteiger partial charge in [0.15, 0.2) is 0 Å². The van der Waals surface area contributed by atoms with Crippen LogP contribution in [0.15, 0.2) is 48.5 Å². The summed E-state index contributed by atoms with van der Waals surface area (Å²) >= 11 is 0. The van der Waals surface area contributed by atoms with Crippen LogP contribution >= 0.6 is 0 Å². The maximum atomic E-state index is 5.66. The molecule has 2 aromatic carbocycles. The molecule has 0 aromatic heterocycles. The van der Waals surface area contributed by atoms with Gasteiger partial charge in [-0.1, -0.05) is 30.3 Å². The number of ether oxygens (including phenoxy) is 2. The second-order valence-electron chi connectivity index (χ2n) is 5.30. The van der Waals surface area contributed by atoms with Crippen LogP contribution in [0.25, 0.3) is 0 Å². The molecule has 0 heterocycles. The summed E-state index contributed by atoms with van der Waals surface area (Å²) in [6.07, 6.45) is 2.30. The number of anilines is 1. The third kappa shape index (κ3) is 3.37. The molecule has 2 aromatic rings. The number of rotatable bonds is 6. The standard InChI is InChI=1S/C18H21NO2/c1-20-11-12-21-16-7-4-6-15(13-16)19-18-10-9-14-5-2-3-8-17(14)18/h2-8,13,18-19H,9-12H2,1H3. The van der Waals surface area contributed by atoms with Gasteiger partial charge in [-0.25, -0.2) is 0 Å². The second kappa shape index (κ2) is 6.64. The van der Waals surface area contributed by atoms with Crippen molar-refractivity contribution in [2.24, 2.45) is 0 Å². The Balaban J connectivity index is 1.67. The fourth-order valence-electron chi connectivity index (χ4n) is 2.83. The van der Waals surface area contributed by atoms with Crippen LogP contribution in [0.2, 0.25) is 0 Å². The Morgan fingerprint density at radius 1 is 1.10 bits per heavy atom. The van der Waals surface area contributed by atoms with E-state index in [1.54, 1.807) is 7.11 Å². The first kappa shape index (κ1) is 14.0. The highest BCUT2D eigenvalue weighted by Gasteiger charge is 2.21. The quantitative estimate of drug-likeness (QED) is 0.818. The van der Waals surface area contributed by atoms with Gasteiger partial charge >= 0.3 is 0 Å². The molecule has 1 aliphatic rings. The van der Waals surface area contributed by atoms with Gasteiger partial charge in [0.1, 0.15) is 12.4 Å². The summed E-state index contributed by atoms with van der Waals surface area (Å²) in [5.41, 5.74) is 3.98. The van der Waals surface area contributed by atoms with Gasteiger partial charge in [-0.05, 0) is 36.1 Å². The topological polar surface area (TPSA) is 30.5 Å². The molecule has 21 heavy (non-hydrogen) atoms. The summed E-state index contributed by atoms with van der Waals surface area (Å²) in [7, 11) is 1.68. The van der Waals surface area contributed by atoms with E-state index in [0.29, 0.717) is 19.3 Å². The number of methoxy groups -OCH3 is 1. The zero-order valence-electron chi connectivity index (χ0n) is 12.3. The monoisotopic (exact) mass is 283 g/mol. The lowest BCUT2D eigenvalue weighted by Gasteiger charge is -2.16. The fourth-order valence-corrected chi connectivity index (χ4v) is 2.83. The van der Waals surface area contributed by atoms with E-state index in [1.807, 2.05) is 12.1 Å². The number of hydrogen-bond acceptors (Lipinski definition) is 3. The Hall–Kier alpha value is -2.00. The molecule has 0 aliphatic heterocycles. The van der Waals surface area contributed by atoms with Gasteiger partial charge in [0.2, 0.25) is 0 Å². The highest BCUT2D eigenvalue weighted by atomic mass is 16.5. The Labute approximate surface area is 125 Å². The average molecular weight is 283 g/mol. The lowest BCUT2D eigenvalue weighted by Crippen LogP contribution is -2.08. The van der Waals surface area contributed by atoms with Crippen LogP contribution in [-0.2, 0) is 11.2 Å². The SMILES string of the molecule is COCCOc1cccc(NC2CCc3ccccc32)c1. The van der Waals surface area contributed by atoms with Crippen LogP contribution in [0.4, 0.5) is 5.69 Å². The summed E-state index contributed by atoms with van der Waals surface area (Å²) in [5.74, 6) is 0.878. The third-order valence-electron chi connectivity index (χ3n) is 3.86. The summed E-state index contributed by atoms with van der Waals surface area (Å²) in [5, 5.41) is 3.62. The van der Waals surface area contributed by atoms with Crippen LogP contribution in [0.5, 0.6) is 5.75 Å². The number of hydrogen-bond donors (Lipinski definition) is 1. The Morgan fingerprint density at radius 3 is 2.90 bits per heavy atom. The van der Waals surface area contributed by atoms with E-state index in [2.05, 4.69) is 41.7 Å². The zero-order valence-corrected chi connectivity index (χ0v) is 12.3. The van der Waals surface area contributed by atoms with Gasteiger partial charge in [-0.2, -0.15) is 0 Å². The molecule has 3 nitrogen and oxygen atoms in total. The van der Waals surface area contributed by atoms with Crippen LogP contribution in [0, 0.1) is 0 Å². The van der Waals surface area contributed by atoms with Crippen molar-refractivity contribution in [2.75, 3.05) is 25.6 Å². The number of nitrogens with one attached hydrogen (secondary N) is 1. The first-order valence-corrected chi connectivity index (χ1v) is 7.43. The summed E-state index contributed by atoms with van der Waals surface area (Å²) in [6, 6.07) is 17.2. The largest absolute Gasteiger partial charge is 0.491 e. The van der Waals surface area contributed by atoms with E-state index in [-0.39, 0.29) is 0 Å². The lowest BCUT2D eigenvalue weighted by atomic mass is 10.1. The minimum atomic E-state index is 0.399. The van der Waals surface area contributed by atoms with Crippen LogP contribution in [0.3, 0.4) is 0 Å². The lowest BCUT2D eigenvalue weighted by molar-refractivity contribution is 0.146. The molecule has 110 valence electrons. The zero-order chi connectivity index (χ0) is 14.5. The molecular weight excluding hydrogens is 262 g/mol. The van der Waals surface area contributed by atoms with Gasteiger partial charge in [0.05, 0.1) is 12.6 Å². The highest BCUT2D eigenvalue weighted by molar-refractivity contribution is 5.51. The third-order valence-corrected chi connectivity index (χ3v) is 3.86. The molecule has 0 amide bonds. The predicted octanol–water partition coefficient (Wildman–Crippen LogP) is 3.81. The van der Waals surface area contributed by atoms with Crippen molar-refractivity contribution in [2.45, 2.75) is 18.9 Å². The summed E-state index contributed by atoms with van der Waals surface area (Å²) in [6.45, 7) is 1.18. The number of fused-ring (bicyclic) bond motifs is 1. The predicted molar refractivity (Wildman–Crippen MR) is 84.9 cm³/mol. The molecule has 0 radical (unpaired) electrons. The van der Waals surface area contributed by atoms with Gasteiger partial charge in [0, 0.05) is 18.9 Å². The normalized spacial score (nSPS) is 16.5. The van der Waals surface area contributed by atoms with Gasteiger partial charge in [-0.15, -0.1) is 0 Å². The number of aryl methyl sites for hydroxylation is 1. The van der Waals surface area contributed by atoms with Crippen molar-refractivity contribution in [1.82, 2.24) is 0 Å². The molecule has 3 rings (SSSR count). The average Bonchev–Trinajstić information content (AvgIpc) is 2.91. The molecule has 0 bridgehead atoms. The number of benzene rings is 2. The van der Waals surface area contributed by atoms with Crippen molar-refractivity contribution >= 4 is 5.69 Å². The van der Waals surface area contributed by atoms with E-state index >= 15 is 0 Å². The first-order chi connectivity index (χ1) is 10.4. The summed E-state index contributed by atoms with van der Waals surface area (Å²) in [4.78, 5) is 0. The molecule has 0 fully saturated rings. The maximum Gasteiger partial charge on any atom is 0.121 e. The van der Waals surface area contributed by atoms with Crippen LogP contribution < -0.4 is 10.1 Å². The Bertz CT molecular complexity index is 597. The Kier molecular flexibility index (Phi) is 4.41. The van der Waals surface area contributed by atoms with Gasteiger partial charge < -0.3 is 14.8 Å². The van der Waals surface area contributed by atoms with E-state index in [9.17, 15) is 0 Å². The smallest absolute Gasteiger partial charge is 0.121 e. The van der Waals surface area contributed by atoms with E-state index < -0.39 is 0 Å². The Morgan fingerprint density at radius 2 is 2.00 bits per heavy atom. The first-order valence-electron chi connectivity index (χ1n) is 7.43. The molecule has 3 heteroatoms. The summed E-state index contributed by atoms with van der Waals surface area (Å²) < 4.78 is 10.7. The van der Waals surface area contributed by atoms with Crippen molar-refractivity contribution in [3.63, 3.8) is 0 Å². The van der Waals surface area contributed by atoms with Crippen molar-refractivity contribution in [3.8, 4) is 5.75 Å². The van der Waals surface area contributed by atoms with Crippen molar-refractivity contribution < 1.29 is 9.47 Å². The molecule has 0 saturated carbocycles. The minimum absolute atomic E-state index is 0.399. The van der Waals surface area contributed by atoms with E-state index in [4.69, 9.17) is 9.47 Å².